The number of benzene rings is 9. The molecule has 270 valence electrons. The lowest BCUT2D eigenvalue weighted by molar-refractivity contribution is 1.07. The second-order valence-electron chi connectivity index (χ2n) is 14.9. The summed E-state index contributed by atoms with van der Waals surface area (Å²) in [6.45, 7) is 0. The van der Waals surface area contributed by atoms with Gasteiger partial charge in [0.2, 0.25) is 0 Å². The lowest BCUT2D eigenvalue weighted by atomic mass is 10.0. The van der Waals surface area contributed by atoms with E-state index in [9.17, 15) is 0 Å². The largest absolute Gasteiger partial charge is 0.309 e. The van der Waals surface area contributed by atoms with Gasteiger partial charge in [0.15, 0.2) is 17.5 Å². The first-order valence-corrected chi connectivity index (χ1v) is 19.6. The normalized spacial score (nSPS) is 11.8. The van der Waals surface area contributed by atoms with Gasteiger partial charge >= 0.3 is 0 Å². The summed E-state index contributed by atoms with van der Waals surface area (Å²) in [7, 11) is 0. The Labute approximate surface area is 333 Å². The zero-order chi connectivity index (χ0) is 38.2. The van der Waals surface area contributed by atoms with E-state index in [-0.39, 0.29) is 0 Å². The van der Waals surface area contributed by atoms with Crippen LogP contribution < -0.4 is 0 Å². The molecule has 0 spiro atoms. The Morgan fingerprint density at radius 1 is 0.276 bits per heavy atom. The van der Waals surface area contributed by atoms with Gasteiger partial charge in [-0.2, -0.15) is 0 Å². The fourth-order valence-corrected chi connectivity index (χ4v) is 8.82. The van der Waals surface area contributed by atoms with Gasteiger partial charge < -0.3 is 9.13 Å². The number of nitrogens with zero attached hydrogens (tertiary/aromatic N) is 5. The minimum Gasteiger partial charge on any atom is -0.309 e. The van der Waals surface area contributed by atoms with Gasteiger partial charge in [0.25, 0.3) is 0 Å². The van der Waals surface area contributed by atoms with E-state index in [0.717, 1.165) is 38.8 Å². The van der Waals surface area contributed by atoms with Gasteiger partial charge in [-0.3, -0.25) is 0 Å². The molecule has 3 aromatic heterocycles. The Hall–Kier alpha value is -7.89. The second-order valence-corrected chi connectivity index (χ2v) is 14.9. The van der Waals surface area contributed by atoms with E-state index in [1.165, 1.54) is 54.4 Å². The van der Waals surface area contributed by atoms with Gasteiger partial charge in [-0.25, -0.2) is 15.0 Å². The molecule has 12 aromatic rings. The molecule has 0 bridgehead atoms. The van der Waals surface area contributed by atoms with Crippen LogP contribution in [0.15, 0.2) is 200 Å². The number of para-hydroxylation sites is 3. The van der Waals surface area contributed by atoms with Crippen LogP contribution in [-0.4, -0.2) is 24.1 Å². The molecule has 0 fully saturated rings. The number of rotatable bonds is 5. The number of hydrogen-bond donors (Lipinski definition) is 0. The van der Waals surface area contributed by atoms with Crippen LogP contribution in [0.4, 0.5) is 0 Å². The SMILES string of the molecule is c1ccc(-c2nc(-c3ccc(-n4c5ccccc5c5cc6c(-n7c8ccccc8c8ccccc87)cccc6cc54)cc3)nc(-c3ccc4ccccc4c3)n2)cc1. The topological polar surface area (TPSA) is 48.5 Å². The monoisotopic (exact) mass is 739 g/mol. The molecule has 0 unspecified atom stereocenters. The van der Waals surface area contributed by atoms with Crippen molar-refractivity contribution in [3.8, 4) is 45.5 Å². The van der Waals surface area contributed by atoms with E-state index in [1.54, 1.807) is 0 Å². The van der Waals surface area contributed by atoms with Gasteiger partial charge in [-0.1, -0.05) is 133 Å². The first-order chi connectivity index (χ1) is 28.7. The van der Waals surface area contributed by atoms with Crippen LogP contribution >= 0.6 is 0 Å². The van der Waals surface area contributed by atoms with Crippen LogP contribution in [0, 0.1) is 0 Å². The Morgan fingerprint density at radius 3 is 1.48 bits per heavy atom. The van der Waals surface area contributed by atoms with Crippen molar-refractivity contribution in [1.29, 1.82) is 0 Å². The fraction of sp³-hybridized carbons (Fsp3) is 0. The zero-order valence-corrected chi connectivity index (χ0v) is 31.3. The van der Waals surface area contributed by atoms with Crippen molar-refractivity contribution in [2.45, 2.75) is 0 Å². The summed E-state index contributed by atoms with van der Waals surface area (Å²) in [5.41, 5.74) is 9.80. The molecule has 5 heteroatoms. The van der Waals surface area contributed by atoms with E-state index in [4.69, 9.17) is 15.0 Å². The lowest BCUT2D eigenvalue weighted by Crippen LogP contribution is -2.00. The molecule has 0 radical (unpaired) electrons. The molecule has 0 atom stereocenters. The molecule has 9 aromatic carbocycles. The highest BCUT2D eigenvalue weighted by atomic mass is 15.0. The summed E-state index contributed by atoms with van der Waals surface area (Å²) in [6.07, 6.45) is 0. The number of fused-ring (bicyclic) bond motifs is 8. The third kappa shape index (κ3) is 5.07. The van der Waals surface area contributed by atoms with Crippen molar-refractivity contribution in [3.63, 3.8) is 0 Å². The Kier molecular flexibility index (Phi) is 7.16. The molecular weight excluding hydrogens is 707 g/mol. The minimum absolute atomic E-state index is 0.634. The molecule has 0 aliphatic carbocycles. The average Bonchev–Trinajstić information content (AvgIpc) is 3.80. The van der Waals surface area contributed by atoms with E-state index in [0.29, 0.717) is 17.5 Å². The Balaban J connectivity index is 1.01. The number of hydrogen-bond acceptors (Lipinski definition) is 3. The predicted octanol–water partition coefficient (Wildman–Crippen LogP) is 13.4. The van der Waals surface area contributed by atoms with Crippen LogP contribution in [0.5, 0.6) is 0 Å². The molecule has 58 heavy (non-hydrogen) atoms. The third-order valence-corrected chi connectivity index (χ3v) is 11.5. The summed E-state index contributed by atoms with van der Waals surface area (Å²) in [6, 6.07) is 71.1. The molecule has 0 amide bonds. The number of aromatic nitrogens is 5. The van der Waals surface area contributed by atoms with Crippen LogP contribution in [0.25, 0.3) is 111 Å². The standard InChI is InChI=1S/C53H33N5/c1-2-14-35(15-3-1)51-54-52(56-53(55-51)39-26-25-34-13-4-5-16-37(34)31-39)36-27-29-40(30-28-36)57-46-21-9-8-20-43(46)45-33-44-38(32-50(45)57)17-12-24-49(44)58-47-22-10-6-18-41(47)42-19-7-11-23-48(42)58/h1-33H. The highest BCUT2D eigenvalue weighted by Gasteiger charge is 2.18. The average molecular weight is 740 g/mol. The molecule has 0 aliphatic rings. The summed E-state index contributed by atoms with van der Waals surface area (Å²) in [5, 5.41) is 9.68. The fourth-order valence-electron chi connectivity index (χ4n) is 8.82. The molecule has 12 rings (SSSR count). The van der Waals surface area contributed by atoms with Gasteiger partial charge in [0, 0.05) is 49.3 Å². The Morgan fingerprint density at radius 2 is 0.793 bits per heavy atom. The summed E-state index contributed by atoms with van der Waals surface area (Å²) in [4.78, 5) is 15.1. The summed E-state index contributed by atoms with van der Waals surface area (Å²) in [5.74, 6) is 1.93. The molecule has 0 N–H and O–H groups in total. The molecule has 0 saturated heterocycles. The first-order valence-electron chi connectivity index (χ1n) is 19.6. The highest BCUT2D eigenvalue weighted by Crippen LogP contribution is 2.39. The molecule has 0 aliphatic heterocycles. The highest BCUT2D eigenvalue weighted by molar-refractivity contribution is 6.16. The van der Waals surface area contributed by atoms with Crippen molar-refractivity contribution in [2.75, 3.05) is 0 Å². The first kappa shape index (κ1) is 32.4. The van der Waals surface area contributed by atoms with E-state index >= 15 is 0 Å². The smallest absolute Gasteiger partial charge is 0.164 e. The lowest BCUT2D eigenvalue weighted by Gasteiger charge is -2.13. The van der Waals surface area contributed by atoms with Crippen molar-refractivity contribution in [2.24, 2.45) is 0 Å². The third-order valence-electron chi connectivity index (χ3n) is 11.5. The van der Waals surface area contributed by atoms with Gasteiger partial charge in [-0.15, -0.1) is 0 Å². The molecular formula is C53H33N5. The van der Waals surface area contributed by atoms with Gasteiger partial charge in [-0.05, 0) is 82.9 Å². The molecule has 5 nitrogen and oxygen atoms in total. The second kappa shape index (κ2) is 12.8. The zero-order valence-electron chi connectivity index (χ0n) is 31.3. The van der Waals surface area contributed by atoms with Crippen molar-refractivity contribution in [1.82, 2.24) is 24.1 Å². The van der Waals surface area contributed by atoms with Crippen LogP contribution in [-0.2, 0) is 0 Å². The van der Waals surface area contributed by atoms with Gasteiger partial charge in [0.05, 0.1) is 27.8 Å². The maximum Gasteiger partial charge on any atom is 0.164 e. The van der Waals surface area contributed by atoms with E-state index in [2.05, 4.69) is 179 Å². The van der Waals surface area contributed by atoms with E-state index < -0.39 is 0 Å². The summed E-state index contributed by atoms with van der Waals surface area (Å²) >= 11 is 0. The minimum atomic E-state index is 0.634. The van der Waals surface area contributed by atoms with E-state index in [1.807, 2.05) is 30.3 Å². The van der Waals surface area contributed by atoms with Crippen molar-refractivity contribution < 1.29 is 0 Å². The molecule has 0 saturated carbocycles. The van der Waals surface area contributed by atoms with Crippen LogP contribution in [0.1, 0.15) is 0 Å². The maximum absolute atomic E-state index is 5.07. The van der Waals surface area contributed by atoms with Gasteiger partial charge in [0.1, 0.15) is 0 Å². The summed E-state index contributed by atoms with van der Waals surface area (Å²) < 4.78 is 4.80. The predicted molar refractivity (Wildman–Crippen MR) is 240 cm³/mol. The Bertz CT molecular complexity index is 3510. The van der Waals surface area contributed by atoms with Crippen LogP contribution in [0.3, 0.4) is 0 Å². The van der Waals surface area contributed by atoms with Crippen molar-refractivity contribution in [3.05, 3.63) is 200 Å². The molecule has 3 heterocycles. The van der Waals surface area contributed by atoms with Crippen LogP contribution in [0.2, 0.25) is 0 Å². The van der Waals surface area contributed by atoms with Crippen molar-refractivity contribution >= 4 is 65.2 Å². The maximum atomic E-state index is 5.07. The quantitative estimate of drug-likeness (QED) is 0.177.